The van der Waals surface area contributed by atoms with Crippen molar-refractivity contribution in [2.75, 3.05) is 39.4 Å². The lowest BCUT2D eigenvalue weighted by Gasteiger charge is -2.27. The van der Waals surface area contributed by atoms with Crippen LogP contribution >= 0.6 is 15.9 Å². The number of rotatable bonds is 5. The molecule has 2 rings (SSSR count). The van der Waals surface area contributed by atoms with Crippen molar-refractivity contribution in [2.45, 2.75) is 13.0 Å². The van der Waals surface area contributed by atoms with Gasteiger partial charge in [0.05, 0.1) is 13.2 Å². The van der Waals surface area contributed by atoms with E-state index in [1.807, 2.05) is 0 Å². The Bertz CT molecular complexity index is 349. The number of benzene rings is 1. The molecule has 0 spiro atoms. The maximum Gasteiger partial charge on any atom is 0.0594 e. The first kappa shape index (κ1) is 14.0. The van der Waals surface area contributed by atoms with Gasteiger partial charge in [0.25, 0.3) is 0 Å². The van der Waals surface area contributed by atoms with E-state index < -0.39 is 0 Å². The second-order valence-electron chi connectivity index (χ2n) is 4.68. The van der Waals surface area contributed by atoms with Crippen molar-refractivity contribution in [1.29, 1.82) is 0 Å². The molecule has 1 aliphatic heterocycles. The van der Waals surface area contributed by atoms with Crippen molar-refractivity contribution in [3.8, 4) is 0 Å². The van der Waals surface area contributed by atoms with Gasteiger partial charge in [0.15, 0.2) is 0 Å². The fourth-order valence-electron chi connectivity index (χ4n) is 2.13. The van der Waals surface area contributed by atoms with Crippen molar-refractivity contribution < 1.29 is 4.74 Å². The number of hydrogen-bond donors (Lipinski definition) is 1. The molecule has 3 nitrogen and oxygen atoms in total. The predicted molar refractivity (Wildman–Crippen MR) is 77.8 cm³/mol. The second-order valence-corrected chi connectivity index (χ2v) is 5.60. The molecule has 1 heterocycles. The Balaban J connectivity index is 1.70. The Hall–Kier alpha value is -0.420. The summed E-state index contributed by atoms with van der Waals surface area (Å²) in [4.78, 5) is 2.45. The fraction of sp³-hybridized carbons (Fsp3) is 0.571. The molecule has 0 aliphatic carbocycles. The molecule has 0 aromatic heterocycles. The molecule has 0 bridgehead atoms. The average molecular weight is 313 g/mol. The lowest BCUT2D eigenvalue weighted by atomic mass is 10.1. The van der Waals surface area contributed by atoms with E-state index in [1.165, 1.54) is 5.56 Å². The zero-order valence-corrected chi connectivity index (χ0v) is 12.4. The second kappa shape index (κ2) is 7.24. The molecular formula is C14H21BrN2O. The van der Waals surface area contributed by atoms with E-state index in [0.717, 1.165) is 43.9 Å². The first-order chi connectivity index (χ1) is 8.75. The number of halogens is 1. The zero-order valence-electron chi connectivity index (χ0n) is 10.9. The van der Waals surface area contributed by atoms with Gasteiger partial charge in [-0.05, 0) is 24.6 Å². The van der Waals surface area contributed by atoms with E-state index in [4.69, 9.17) is 4.74 Å². The van der Waals surface area contributed by atoms with E-state index in [9.17, 15) is 0 Å². The van der Waals surface area contributed by atoms with Crippen LogP contribution in [0.5, 0.6) is 0 Å². The van der Waals surface area contributed by atoms with E-state index in [1.54, 1.807) is 0 Å². The van der Waals surface area contributed by atoms with Gasteiger partial charge in [0.1, 0.15) is 0 Å². The predicted octanol–water partition coefficient (Wildman–Crippen LogP) is 2.43. The quantitative estimate of drug-likeness (QED) is 0.903. The molecule has 1 aliphatic rings. The molecule has 18 heavy (non-hydrogen) atoms. The Morgan fingerprint density at radius 1 is 1.28 bits per heavy atom. The summed E-state index contributed by atoms with van der Waals surface area (Å²) in [7, 11) is 0. The smallest absolute Gasteiger partial charge is 0.0594 e. The van der Waals surface area contributed by atoms with Gasteiger partial charge >= 0.3 is 0 Å². The number of nitrogens with zero attached hydrogens (tertiary/aromatic N) is 1. The molecule has 1 aromatic carbocycles. The van der Waals surface area contributed by atoms with Crippen LogP contribution in [-0.2, 0) is 4.74 Å². The van der Waals surface area contributed by atoms with Crippen LogP contribution in [0.15, 0.2) is 28.7 Å². The Morgan fingerprint density at radius 2 is 1.94 bits per heavy atom. The summed E-state index contributed by atoms with van der Waals surface area (Å²) >= 11 is 3.46. The van der Waals surface area contributed by atoms with Crippen LogP contribution in [0.3, 0.4) is 0 Å². The summed E-state index contributed by atoms with van der Waals surface area (Å²) < 4.78 is 6.47. The van der Waals surface area contributed by atoms with Crippen LogP contribution in [0, 0.1) is 0 Å². The average Bonchev–Trinajstić information content (AvgIpc) is 2.40. The van der Waals surface area contributed by atoms with Crippen LogP contribution < -0.4 is 5.32 Å². The summed E-state index contributed by atoms with van der Waals surface area (Å²) in [5.41, 5.74) is 1.33. The normalized spacial score (nSPS) is 18.8. The van der Waals surface area contributed by atoms with Crippen LogP contribution in [0.25, 0.3) is 0 Å². The van der Waals surface area contributed by atoms with Crippen molar-refractivity contribution >= 4 is 15.9 Å². The third-order valence-electron chi connectivity index (χ3n) is 3.35. The minimum Gasteiger partial charge on any atom is -0.379 e. The lowest BCUT2D eigenvalue weighted by molar-refractivity contribution is 0.0382. The molecule has 0 saturated carbocycles. The monoisotopic (exact) mass is 312 g/mol. The first-order valence-corrected chi connectivity index (χ1v) is 7.34. The topological polar surface area (TPSA) is 24.5 Å². The van der Waals surface area contributed by atoms with Gasteiger partial charge in [0.2, 0.25) is 0 Å². The van der Waals surface area contributed by atoms with Gasteiger partial charge in [-0.25, -0.2) is 0 Å². The molecule has 1 N–H and O–H groups in total. The van der Waals surface area contributed by atoms with Crippen molar-refractivity contribution in [2.24, 2.45) is 0 Å². The Morgan fingerprint density at radius 3 is 2.61 bits per heavy atom. The van der Waals surface area contributed by atoms with Crippen molar-refractivity contribution in [1.82, 2.24) is 10.2 Å². The molecule has 100 valence electrons. The molecule has 0 radical (unpaired) electrons. The molecule has 1 atom stereocenters. The van der Waals surface area contributed by atoms with E-state index in [2.05, 4.69) is 57.3 Å². The highest BCUT2D eigenvalue weighted by Gasteiger charge is 2.10. The number of morpholine rings is 1. The highest BCUT2D eigenvalue weighted by Crippen LogP contribution is 2.16. The summed E-state index contributed by atoms with van der Waals surface area (Å²) in [6.07, 6.45) is 0. The Labute approximate surface area is 118 Å². The summed E-state index contributed by atoms with van der Waals surface area (Å²) in [5, 5.41) is 3.57. The third-order valence-corrected chi connectivity index (χ3v) is 3.88. The zero-order chi connectivity index (χ0) is 12.8. The van der Waals surface area contributed by atoms with Gasteiger partial charge in [-0.1, -0.05) is 28.1 Å². The molecule has 0 amide bonds. The van der Waals surface area contributed by atoms with Crippen LogP contribution in [-0.4, -0.2) is 44.3 Å². The van der Waals surface area contributed by atoms with Gasteiger partial charge in [-0.15, -0.1) is 0 Å². The summed E-state index contributed by atoms with van der Waals surface area (Å²) in [6.45, 7) is 8.22. The molecule has 1 aromatic rings. The highest BCUT2D eigenvalue weighted by atomic mass is 79.9. The van der Waals surface area contributed by atoms with Gasteiger partial charge < -0.3 is 10.1 Å². The molecule has 4 heteroatoms. The van der Waals surface area contributed by atoms with Crippen molar-refractivity contribution in [3.63, 3.8) is 0 Å². The summed E-state index contributed by atoms with van der Waals surface area (Å²) in [5.74, 6) is 0. The van der Waals surface area contributed by atoms with E-state index in [0.29, 0.717) is 6.04 Å². The van der Waals surface area contributed by atoms with Crippen LogP contribution in [0.4, 0.5) is 0 Å². The minimum absolute atomic E-state index is 0.402. The summed E-state index contributed by atoms with van der Waals surface area (Å²) in [6, 6.07) is 8.91. The standard InChI is InChI=1S/C14H21BrN2O/c1-12(13-2-4-14(15)5-3-13)16-6-7-17-8-10-18-11-9-17/h2-5,12,16H,6-11H2,1H3/t12-/m0/s1. The fourth-order valence-corrected chi connectivity index (χ4v) is 2.40. The number of hydrogen-bond acceptors (Lipinski definition) is 3. The van der Waals surface area contributed by atoms with E-state index >= 15 is 0 Å². The van der Waals surface area contributed by atoms with Gasteiger partial charge in [-0.3, -0.25) is 4.90 Å². The molecular weight excluding hydrogens is 292 g/mol. The molecule has 1 fully saturated rings. The maximum absolute atomic E-state index is 5.34. The minimum atomic E-state index is 0.402. The third kappa shape index (κ3) is 4.35. The SMILES string of the molecule is C[C@H](NCCN1CCOCC1)c1ccc(Br)cc1. The Kier molecular flexibility index (Phi) is 5.63. The van der Waals surface area contributed by atoms with Gasteiger partial charge in [0, 0.05) is 36.7 Å². The number of ether oxygens (including phenoxy) is 1. The number of nitrogens with one attached hydrogen (secondary N) is 1. The largest absolute Gasteiger partial charge is 0.379 e. The first-order valence-electron chi connectivity index (χ1n) is 6.54. The van der Waals surface area contributed by atoms with Gasteiger partial charge in [-0.2, -0.15) is 0 Å². The molecule has 1 saturated heterocycles. The van der Waals surface area contributed by atoms with Crippen LogP contribution in [0.2, 0.25) is 0 Å². The highest BCUT2D eigenvalue weighted by molar-refractivity contribution is 9.10. The lowest BCUT2D eigenvalue weighted by Crippen LogP contribution is -2.40. The molecule has 0 unspecified atom stereocenters. The maximum atomic E-state index is 5.34. The van der Waals surface area contributed by atoms with E-state index in [-0.39, 0.29) is 0 Å². The van der Waals surface area contributed by atoms with Crippen molar-refractivity contribution in [3.05, 3.63) is 34.3 Å². The van der Waals surface area contributed by atoms with Crippen LogP contribution in [0.1, 0.15) is 18.5 Å².